The van der Waals surface area contributed by atoms with Crippen molar-refractivity contribution in [1.82, 2.24) is 9.97 Å². The van der Waals surface area contributed by atoms with Crippen LogP contribution in [-0.2, 0) is 21.0 Å². The van der Waals surface area contributed by atoms with Gasteiger partial charge in [0.2, 0.25) is 5.95 Å². The minimum atomic E-state index is -3.36. The number of nitrogens with two attached hydrogens (primary N) is 1. The van der Waals surface area contributed by atoms with Crippen molar-refractivity contribution in [2.45, 2.75) is 18.2 Å². The molecular weight excluding hydrogens is 468 g/mol. The standard InChI is InChI=1S/C14H15ClN4O4S.C8H10O/c1-3-23-13(20)9-7-17-14(19-12(9)16)18-11-5-4-8(6-10(11)15)24(2,21)22;9-7-6-8-4-2-1-3-5-8/h4-7H,3H2,1-2H3,(H3,16,17,18,19);1-5,9H,6-7H2. The number of nitrogens with zero attached hydrogens (tertiary/aromatic N) is 2. The molecule has 0 saturated heterocycles. The molecule has 3 aromatic rings. The van der Waals surface area contributed by atoms with Crippen LogP contribution in [0.1, 0.15) is 22.8 Å². The monoisotopic (exact) mass is 492 g/mol. The van der Waals surface area contributed by atoms with E-state index in [1.54, 1.807) is 6.92 Å². The van der Waals surface area contributed by atoms with Gasteiger partial charge in [-0.2, -0.15) is 4.98 Å². The van der Waals surface area contributed by atoms with E-state index in [1.165, 1.54) is 30.0 Å². The van der Waals surface area contributed by atoms with Crippen molar-refractivity contribution in [1.29, 1.82) is 0 Å². The first kappa shape index (κ1) is 26.0. The van der Waals surface area contributed by atoms with Crippen molar-refractivity contribution in [3.63, 3.8) is 0 Å². The number of nitrogen functional groups attached to an aromatic ring is 1. The maximum atomic E-state index is 11.6. The Morgan fingerprint density at radius 1 is 1.21 bits per heavy atom. The molecule has 9 nitrogen and oxygen atoms in total. The number of benzene rings is 2. The Bertz CT molecular complexity index is 1190. The number of aliphatic hydroxyl groups is 1. The Labute approximate surface area is 197 Å². The first-order valence-corrected chi connectivity index (χ1v) is 12.1. The zero-order valence-corrected chi connectivity index (χ0v) is 19.7. The molecule has 0 saturated carbocycles. The molecule has 0 aliphatic rings. The summed E-state index contributed by atoms with van der Waals surface area (Å²) in [6.45, 7) is 2.12. The molecule has 0 amide bonds. The fraction of sp³-hybridized carbons (Fsp3) is 0.227. The van der Waals surface area contributed by atoms with E-state index in [0.717, 1.165) is 12.7 Å². The molecule has 0 fully saturated rings. The largest absolute Gasteiger partial charge is 0.462 e. The van der Waals surface area contributed by atoms with Gasteiger partial charge in [0, 0.05) is 19.1 Å². The minimum Gasteiger partial charge on any atom is -0.462 e. The highest BCUT2D eigenvalue weighted by molar-refractivity contribution is 7.90. The molecule has 0 radical (unpaired) electrons. The first-order valence-electron chi connectivity index (χ1n) is 9.86. The SMILES string of the molecule is CCOC(=O)c1cnc(Nc2ccc(S(C)(=O)=O)cc2Cl)nc1N.OCCc1ccccc1. The van der Waals surface area contributed by atoms with Gasteiger partial charge in [-0.3, -0.25) is 0 Å². The zero-order valence-electron chi connectivity index (χ0n) is 18.2. The molecule has 0 unspecified atom stereocenters. The number of rotatable bonds is 7. The van der Waals surface area contributed by atoms with Crippen LogP contribution in [0.25, 0.3) is 0 Å². The predicted octanol–water partition coefficient (Wildman–Crippen LogP) is 3.26. The second kappa shape index (κ2) is 12.1. The smallest absolute Gasteiger partial charge is 0.343 e. The van der Waals surface area contributed by atoms with Gasteiger partial charge >= 0.3 is 5.97 Å². The average Bonchev–Trinajstić information content (AvgIpc) is 2.76. The van der Waals surface area contributed by atoms with Gasteiger partial charge in [0.25, 0.3) is 0 Å². The number of esters is 1. The molecule has 2 aromatic carbocycles. The number of carbonyl (C=O) groups excluding carboxylic acids is 1. The molecule has 4 N–H and O–H groups in total. The van der Waals surface area contributed by atoms with E-state index in [-0.39, 0.29) is 40.5 Å². The maximum Gasteiger partial charge on any atom is 0.343 e. The molecule has 1 aromatic heterocycles. The van der Waals surface area contributed by atoms with Crippen LogP contribution in [0.3, 0.4) is 0 Å². The quantitative estimate of drug-likeness (QED) is 0.423. The summed E-state index contributed by atoms with van der Waals surface area (Å²) in [5.41, 5.74) is 7.37. The summed E-state index contributed by atoms with van der Waals surface area (Å²) >= 11 is 6.06. The van der Waals surface area contributed by atoms with Crippen LogP contribution >= 0.6 is 11.6 Å². The van der Waals surface area contributed by atoms with Crippen molar-refractivity contribution in [2.75, 3.05) is 30.5 Å². The van der Waals surface area contributed by atoms with Gasteiger partial charge in [0.05, 0.1) is 22.2 Å². The van der Waals surface area contributed by atoms with Gasteiger partial charge in [-0.05, 0) is 37.1 Å². The van der Waals surface area contributed by atoms with Crippen molar-refractivity contribution in [3.05, 3.63) is 70.9 Å². The second-order valence-corrected chi connectivity index (χ2v) is 9.13. The van der Waals surface area contributed by atoms with E-state index in [1.807, 2.05) is 30.3 Å². The highest BCUT2D eigenvalue weighted by atomic mass is 35.5. The van der Waals surface area contributed by atoms with Crippen molar-refractivity contribution in [3.8, 4) is 0 Å². The lowest BCUT2D eigenvalue weighted by molar-refractivity contribution is 0.0526. The highest BCUT2D eigenvalue weighted by Gasteiger charge is 2.15. The molecule has 0 spiro atoms. The Morgan fingerprint density at radius 3 is 2.45 bits per heavy atom. The molecule has 11 heteroatoms. The number of sulfone groups is 1. The van der Waals surface area contributed by atoms with Crippen molar-refractivity contribution < 1.29 is 23.1 Å². The van der Waals surface area contributed by atoms with E-state index < -0.39 is 15.8 Å². The molecule has 1 heterocycles. The Kier molecular flexibility index (Phi) is 9.58. The molecule has 176 valence electrons. The average molecular weight is 493 g/mol. The number of halogens is 1. The number of aliphatic hydroxyl groups excluding tert-OH is 1. The van der Waals surface area contributed by atoms with Crippen LogP contribution in [0.2, 0.25) is 5.02 Å². The fourth-order valence-electron chi connectivity index (χ4n) is 2.54. The Balaban J connectivity index is 0.000000357. The summed E-state index contributed by atoms with van der Waals surface area (Å²) in [5, 5.41) is 11.5. The molecule has 0 aliphatic heterocycles. The van der Waals surface area contributed by atoms with Gasteiger partial charge in [-0.15, -0.1) is 0 Å². The number of ether oxygens (including phenoxy) is 1. The van der Waals surface area contributed by atoms with Crippen LogP contribution in [0.4, 0.5) is 17.5 Å². The van der Waals surface area contributed by atoms with Crippen LogP contribution in [0.15, 0.2) is 59.6 Å². The highest BCUT2D eigenvalue weighted by Crippen LogP contribution is 2.27. The number of aromatic nitrogens is 2. The lowest BCUT2D eigenvalue weighted by Gasteiger charge is -2.10. The maximum absolute atomic E-state index is 11.6. The third kappa shape index (κ3) is 8.01. The summed E-state index contributed by atoms with van der Waals surface area (Å²) in [4.78, 5) is 19.7. The molecule has 0 bridgehead atoms. The van der Waals surface area contributed by atoms with Gasteiger partial charge < -0.3 is 20.9 Å². The topological polar surface area (TPSA) is 144 Å². The Morgan fingerprint density at radius 2 is 1.91 bits per heavy atom. The van der Waals surface area contributed by atoms with E-state index in [4.69, 9.17) is 27.2 Å². The zero-order chi connectivity index (χ0) is 24.4. The van der Waals surface area contributed by atoms with E-state index >= 15 is 0 Å². The van der Waals surface area contributed by atoms with Gasteiger partial charge in [-0.1, -0.05) is 41.9 Å². The van der Waals surface area contributed by atoms with E-state index in [9.17, 15) is 13.2 Å². The molecule has 33 heavy (non-hydrogen) atoms. The van der Waals surface area contributed by atoms with E-state index in [0.29, 0.717) is 5.69 Å². The van der Waals surface area contributed by atoms with Gasteiger partial charge in [-0.25, -0.2) is 18.2 Å². The Hall–Kier alpha value is -3.21. The lowest BCUT2D eigenvalue weighted by atomic mass is 10.2. The van der Waals surface area contributed by atoms with Crippen LogP contribution in [-0.4, -0.2) is 48.9 Å². The predicted molar refractivity (Wildman–Crippen MR) is 127 cm³/mol. The van der Waals surface area contributed by atoms with E-state index in [2.05, 4.69) is 15.3 Å². The number of anilines is 3. The van der Waals surface area contributed by atoms with Crippen molar-refractivity contribution in [2.24, 2.45) is 0 Å². The lowest BCUT2D eigenvalue weighted by Crippen LogP contribution is -2.11. The molecule has 3 rings (SSSR count). The second-order valence-electron chi connectivity index (χ2n) is 6.71. The number of hydrogen-bond acceptors (Lipinski definition) is 9. The summed E-state index contributed by atoms with van der Waals surface area (Å²) in [7, 11) is -3.36. The normalized spacial score (nSPS) is 10.7. The van der Waals surface area contributed by atoms with Gasteiger partial charge in [0.15, 0.2) is 9.84 Å². The fourth-order valence-corrected chi connectivity index (χ4v) is 3.48. The first-order chi connectivity index (χ1) is 15.7. The van der Waals surface area contributed by atoms with Crippen LogP contribution in [0.5, 0.6) is 0 Å². The summed E-state index contributed by atoms with van der Waals surface area (Å²) in [6.07, 6.45) is 3.09. The molecular formula is C22H25ClN4O5S. The molecule has 0 aliphatic carbocycles. The minimum absolute atomic E-state index is 0.0465. The number of nitrogens with one attached hydrogen (secondary N) is 1. The van der Waals surface area contributed by atoms with Crippen LogP contribution < -0.4 is 11.1 Å². The van der Waals surface area contributed by atoms with Gasteiger partial charge in [0.1, 0.15) is 11.4 Å². The summed E-state index contributed by atoms with van der Waals surface area (Å²) < 4.78 is 27.8. The number of carbonyl (C=O) groups is 1. The number of hydrogen-bond donors (Lipinski definition) is 3. The summed E-state index contributed by atoms with van der Waals surface area (Å²) in [5.74, 6) is -0.554. The third-order valence-electron chi connectivity index (χ3n) is 4.17. The molecule has 0 atom stereocenters. The third-order valence-corrected chi connectivity index (χ3v) is 5.60. The van der Waals surface area contributed by atoms with Crippen molar-refractivity contribution >= 4 is 44.9 Å². The summed E-state index contributed by atoms with van der Waals surface area (Å²) in [6, 6.07) is 14.1. The van der Waals surface area contributed by atoms with Crippen LogP contribution in [0, 0.1) is 0 Å².